The van der Waals surface area contributed by atoms with Crippen LogP contribution in [-0.2, 0) is 5.41 Å². The van der Waals surface area contributed by atoms with Gasteiger partial charge in [0.05, 0.1) is 11.0 Å². The maximum atomic E-state index is 11.3. The van der Waals surface area contributed by atoms with E-state index in [1.54, 1.807) is 0 Å². The third kappa shape index (κ3) is 2.74. The quantitative estimate of drug-likeness (QED) is 0.690. The summed E-state index contributed by atoms with van der Waals surface area (Å²) >= 11 is 0. The molecule has 0 aliphatic carbocycles. The van der Waals surface area contributed by atoms with E-state index in [9.17, 15) is 4.79 Å². The standard InChI is InChI=1S/C15H19N5O2/c1-8(12-19-13(20-22-12)15(2,3)4)16-9-5-6-10-11(7-9)18-14(21)17-10/h5-8,16H,1-4H3,(H2,17,18,21)/t8-/m0/s1. The third-order valence-electron chi connectivity index (χ3n) is 3.38. The summed E-state index contributed by atoms with van der Waals surface area (Å²) < 4.78 is 5.33. The lowest BCUT2D eigenvalue weighted by atomic mass is 9.96. The number of hydrogen-bond acceptors (Lipinski definition) is 5. The Balaban J connectivity index is 1.81. The minimum absolute atomic E-state index is 0.133. The van der Waals surface area contributed by atoms with E-state index in [1.807, 2.05) is 45.9 Å². The van der Waals surface area contributed by atoms with Crippen molar-refractivity contribution in [2.45, 2.75) is 39.2 Å². The molecule has 3 aromatic rings. The van der Waals surface area contributed by atoms with Crippen molar-refractivity contribution in [3.05, 3.63) is 40.4 Å². The predicted molar refractivity (Wildman–Crippen MR) is 84.0 cm³/mol. The fourth-order valence-electron chi connectivity index (χ4n) is 2.15. The summed E-state index contributed by atoms with van der Waals surface area (Å²) in [6.07, 6.45) is 0. The van der Waals surface area contributed by atoms with Gasteiger partial charge in [-0.25, -0.2) is 4.79 Å². The number of aromatic nitrogens is 4. The Labute approximate surface area is 127 Å². The van der Waals surface area contributed by atoms with E-state index in [1.165, 1.54) is 0 Å². The van der Waals surface area contributed by atoms with Crippen LogP contribution >= 0.6 is 0 Å². The summed E-state index contributed by atoms with van der Waals surface area (Å²) in [6.45, 7) is 8.06. The molecule has 3 rings (SSSR count). The Kier molecular flexibility index (Phi) is 3.27. The van der Waals surface area contributed by atoms with Crippen molar-refractivity contribution in [3.8, 4) is 0 Å². The molecule has 2 aromatic heterocycles. The number of nitrogens with one attached hydrogen (secondary N) is 3. The van der Waals surface area contributed by atoms with Crippen LogP contribution in [-0.4, -0.2) is 20.1 Å². The molecule has 0 aliphatic rings. The van der Waals surface area contributed by atoms with Crippen molar-refractivity contribution >= 4 is 16.7 Å². The van der Waals surface area contributed by atoms with E-state index in [-0.39, 0.29) is 17.1 Å². The molecule has 1 atom stereocenters. The van der Waals surface area contributed by atoms with E-state index in [0.29, 0.717) is 11.7 Å². The Bertz CT molecular complexity index is 853. The molecule has 0 aliphatic heterocycles. The van der Waals surface area contributed by atoms with Crippen molar-refractivity contribution in [2.24, 2.45) is 0 Å². The molecule has 116 valence electrons. The Morgan fingerprint density at radius 3 is 2.64 bits per heavy atom. The van der Waals surface area contributed by atoms with E-state index < -0.39 is 0 Å². The van der Waals surface area contributed by atoms with Crippen molar-refractivity contribution in [2.75, 3.05) is 5.32 Å². The Hall–Kier alpha value is -2.57. The number of benzene rings is 1. The second-order valence-corrected chi connectivity index (χ2v) is 6.41. The summed E-state index contributed by atoms with van der Waals surface area (Å²) in [6, 6.07) is 5.47. The van der Waals surface area contributed by atoms with Gasteiger partial charge in [-0.3, -0.25) is 0 Å². The fraction of sp³-hybridized carbons (Fsp3) is 0.400. The van der Waals surface area contributed by atoms with Crippen LogP contribution in [0.4, 0.5) is 5.69 Å². The van der Waals surface area contributed by atoms with Crippen molar-refractivity contribution in [1.82, 2.24) is 20.1 Å². The van der Waals surface area contributed by atoms with E-state index >= 15 is 0 Å². The first kappa shape index (κ1) is 14.4. The fourth-order valence-corrected chi connectivity index (χ4v) is 2.15. The SMILES string of the molecule is C[C@H](Nc1ccc2[nH]c(=O)[nH]c2c1)c1nc(C(C)(C)C)no1. The van der Waals surface area contributed by atoms with E-state index in [4.69, 9.17) is 4.52 Å². The number of anilines is 1. The van der Waals surface area contributed by atoms with Gasteiger partial charge < -0.3 is 19.8 Å². The molecule has 22 heavy (non-hydrogen) atoms. The minimum Gasteiger partial charge on any atom is -0.374 e. The second kappa shape index (κ2) is 5.01. The summed E-state index contributed by atoms with van der Waals surface area (Å²) in [7, 11) is 0. The molecule has 0 saturated heterocycles. The van der Waals surface area contributed by atoms with E-state index in [2.05, 4.69) is 25.4 Å². The van der Waals surface area contributed by atoms with Gasteiger partial charge >= 0.3 is 5.69 Å². The topological polar surface area (TPSA) is 99.6 Å². The number of aromatic amines is 2. The summed E-state index contributed by atoms with van der Waals surface area (Å²) in [5, 5.41) is 7.32. The molecule has 0 unspecified atom stereocenters. The van der Waals surface area contributed by atoms with Gasteiger partial charge in [-0.05, 0) is 25.1 Å². The number of H-pyrrole nitrogens is 2. The first-order chi connectivity index (χ1) is 10.3. The summed E-state index contributed by atoms with van der Waals surface area (Å²) in [5.41, 5.74) is 2.03. The minimum atomic E-state index is -0.216. The predicted octanol–water partition coefficient (Wildman–Crippen LogP) is 2.71. The number of fused-ring (bicyclic) bond motifs is 1. The van der Waals surface area contributed by atoms with Gasteiger partial charge in [0.1, 0.15) is 6.04 Å². The summed E-state index contributed by atoms with van der Waals surface area (Å²) in [4.78, 5) is 21.2. The van der Waals surface area contributed by atoms with Crippen LogP contribution in [0.2, 0.25) is 0 Å². The van der Waals surface area contributed by atoms with Gasteiger partial charge in [0.25, 0.3) is 0 Å². The molecule has 3 N–H and O–H groups in total. The summed E-state index contributed by atoms with van der Waals surface area (Å²) in [5.74, 6) is 1.22. The highest BCUT2D eigenvalue weighted by molar-refractivity contribution is 5.78. The van der Waals surface area contributed by atoms with Crippen molar-refractivity contribution in [1.29, 1.82) is 0 Å². The first-order valence-electron chi connectivity index (χ1n) is 7.15. The molecule has 2 heterocycles. The number of imidazole rings is 1. The highest BCUT2D eigenvalue weighted by atomic mass is 16.5. The van der Waals surface area contributed by atoms with Crippen LogP contribution in [0.15, 0.2) is 27.5 Å². The molecule has 0 amide bonds. The third-order valence-corrected chi connectivity index (χ3v) is 3.38. The highest BCUT2D eigenvalue weighted by Gasteiger charge is 2.23. The molecule has 0 spiro atoms. The van der Waals surface area contributed by atoms with Crippen LogP contribution in [0, 0.1) is 0 Å². The van der Waals surface area contributed by atoms with Gasteiger partial charge in [-0.1, -0.05) is 25.9 Å². The molecule has 7 nitrogen and oxygen atoms in total. The molecular weight excluding hydrogens is 282 g/mol. The zero-order valence-corrected chi connectivity index (χ0v) is 13.0. The maximum absolute atomic E-state index is 11.3. The lowest BCUT2D eigenvalue weighted by molar-refractivity contribution is 0.354. The molecule has 1 aromatic carbocycles. The molecule has 0 saturated carbocycles. The second-order valence-electron chi connectivity index (χ2n) is 6.41. The zero-order chi connectivity index (χ0) is 15.9. The average molecular weight is 301 g/mol. The van der Waals surface area contributed by atoms with Gasteiger partial charge in [-0.15, -0.1) is 0 Å². The van der Waals surface area contributed by atoms with Crippen LogP contribution in [0.5, 0.6) is 0 Å². The molecule has 7 heteroatoms. The molecule has 0 bridgehead atoms. The number of nitrogens with zero attached hydrogens (tertiary/aromatic N) is 2. The van der Waals surface area contributed by atoms with Gasteiger partial charge in [0.15, 0.2) is 5.82 Å². The van der Waals surface area contributed by atoms with Gasteiger partial charge in [0, 0.05) is 11.1 Å². The van der Waals surface area contributed by atoms with Crippen LogP contribution < -0.4 is 11.0 Å². The first-order valence-corrected chi connectivity index (χ1v) is 7.15. The lowest BCUT2D eigenvalue weighted by Gasteiger charge is -2.12. The zero-order valence-electron chi connectivity index (χ0n) is 13.0. The average Bonchev–Trinajstić information content (AvgIpc) is 3.02. The highest BCUT2D eigenvalue weighted by Crippen LogP contribution is 2.23. The van der Waals surface area contributed by atoms with Crippen molar-refractivity contribution < 1.29 is 4.52 Å². The molecule has 0 radical (unpaired) electrons. The van der Waals surface area contributed by atoms with Gasteiger partial charge in [-0.2, -0.15) is 4.98 Å². The molecular formula is C15H19N5O2. The van der Waals surface area contributed by atoms with Crippen LogP contribution in [0.25, 0.3) is 11.0 Å². The van der Waals surface area contributed by atoms with Crippen LogP contribution in [0.3, 0.4) is 0 Å². The normalized spacial score (nSPS) is 13.5. The van der Waals surface area contributed by atoms with Crippen molar-refractivity contribution in [3.63, 3.8) is 0 Å². The Morgan fingerprint density at radius 1 is 1.23 bits per heavy atom. The smallest absolute Gasteiger partial charge is 0.323 e. The largest absolute Gasteiger partial charge is 0.374 e. The number of rotatable bonds is 3. The number of hydrogen-bond donors (Lipinski definition) is 3. The van der Waals surface area contributed by atoms with Crippen LogP contribution in [0.1, 0.15) is 45.5 Å². The monoisotopic (exact) mass is 301 g/mol. The Morgan fingerprint density at radius 2 is 1.95 bits per heavy atom. The van der Waals surface area contributed by atoms with Gasteiger partial charge in [0.2, 0.25) is 5.89 Å². The van der Waals surface area contributed by atoms with E-state index in [0.717, 1.165) is 16.7 Å². The lowest BCUT2D eigenvalue weighted by Crippen LogP contribution is -2.14. The maximum Gasteiger partial charge on any atom is 0.323 e. The molecule has 0 fully saturated rings.